The standard InChI is InChI=1S/C31H38F3N3O4/c1-36-16-8-11-23(36)21-41-26-13-7-6-12-24(26)25-20-35-27(38)19-29(25)14-17-37(18-15-29)28(39)30(40-2,31(32,33)34)22-9-4-3-5-10-22/h3-7,9-10,12-13,23,25H,8,11,14-21H2,1-2H3,(H,35,38)/t23?,25?,30-/m1/s1. The van der Waals surface area contributed by atoms with E-state index in [0.717, 1.165) is 37.8 Å². The molecule has 3 saturated heterocycles. The highest BCUT2D eigenvalue weighted by molar-refractivity contribution is 5.88. The van der Waals surface area contributed by atoms with Gasteiger partial charge >= 0.3 is 6.18 Å². The van der Waals surface area contributed by atoms with Crippen LogP contribution in [0.3, 0.4) is 0 Å². The second kappa shape index (κ2) is 11.6. The lowest BCUT2D eigenvalue weighted by Crippen LogP contribution is -2.60. The van der Waals surface area contributed by atoms with Gasteiger partial charge in [0.1, 0.15) is 12.4 Å². The predicted molar refractivity (Wildman–Crippen MR) is 147 cm³/mol. The number of nitrogens with zero attached hydrogens (tertiary/aromatic N) is 2. The van der Waals surface area contributed by atoms with Crippen molar-refractivity contribution in [2.45, 2.75) is 55.8 Å². The number of methoxy groups -OCH3 is 1. The molecular weight excluding hydrogens is 535 g/mol. The molecule has 1 N–H and O–H groups in total. The first-order valence-corrected chi connectivity index (χ1v) is 14.3. The lowest BCUT2D eigenvalue weighted by atomic mass is 9.62. The average Bonchev–Trinajstić information content (AvgIpc) is 3.37. The van der Waals surface area contributed by atoms with E-state index in [2.05, 4.69) is 17.3 Å². The van der Waals surface area contributed by atoms with Crippen molar-refractivity contribution in [2.24, 2.45) is 5.41 Å². The fraction of sp³-hybridized carbons (Fsp3) is 0.548. The fourth-order valence-electron chi connectivity index (χ4n) is 6.96. The minimum atomic E-state index is -4.97. The van der Waals surface area contributed by atoms with Crippen LogP contribution in [0.1, 0.15) is 49.1 Å². The summed E-state index contributed by atoms with van der Waals surface area (Å²) in [6, 6.07) is 15.2. The Morgan fingerprint density at radius 3 is 2.37 bits per heavy atom. The van der Waals surface area contributed by atoms with Crippen molar-refractivity contribution in [1.82, 2.24) is 15.1 Å². The quantitative estimate of drug-likeness (QED) is 0.529. The summed E-state index contributed by atoms with van der Waals surface area (Å²) < 4.78 is 55.1. The molecule has 0 saturated carbocycles. The maximum absolute atomic E-state index is 14.6. The Hall–Kier alpha value is -3.11. The van der Waals surface area contributed by atoms with E-state index in [0.29, 0.717) is 32.0 Å². The van der Waals surface area contributed by atoms with Crippen LogP contribution in [-0.2, 0) is 19.9 Å². The van der Waals surface area contributed by atoms with Crippen molar-refractivity contribution in [3.05, 3.63) is 65.7 Å². The first kappa shape index (κ1) is 29.4. The molecule has 10 heteroatoms. The number of piperidine rings is 2. The zero-order chi connectivity index (χ0) is 29.3. The Kier molecular flexibility index (Phi) is 8.34. The highest BCUT2D eigenvalue weighted by Crippen LogP contribution is 2.52. The van der Waals surface area contributed by atoms with Crippen LogP contribution in [0.25, 0.3) is 0 Å². The maximum atomic E-state index is 14.6. The van der Waals surface area contributed by atoms with Gasteiger partial charge in [-0.05, 0) is 56.3 Å². The summed E-state index contributed by atoms with van der Waals surface area (Å²) in [6.45, 7) is 2.20. The van der Waals surface area contributed by atoms with Gasteiger partial charge in [0.05, 0.1) is 0 Å². The van der Waals surface area contributed by atoms with Crippen LogP contribution in [0, 0.1) is 5.41 Å². The van der Waals surface area contributed by atoms with Gasteiger partial charge in [-0.25, -0.2) is 0 Å². The Balaban J connectivity index is 1.38. The summed E-state index contributed by atoms with van der Waals surface area (Å²) in [4.78, 5) is 29.9. The molecule has 5 rings (SSSR count). The van der Waals surface area contributed by atoms with Crippen molar-refractivity contribution in [1.29, 1.82) is 0 Å². The third-order valence-corrected chi connectivity index (χ3v) is 9.39. The minimum Gasteiger partial charge on any atom is -0.492 e. The van der Waals surface area contributed by atoms with Crippen LogP contribution in [0.2, 0.25) is 0 Å². The minimum absolute atomic E-state index is 0.0854. The zero-order valence-corrected chi connectivity index (χ0v) is 23.6. The molecule has 2 aromatic rings. The zero-order valence-electron chi connectivity index (χ0n) is 23.6. The van der Waals surface area contributed by atoms with Crippen LogP contribution in [0.4, 0.5) is 13.2 Å². The van der Waals surface area contributed by atoms with E-state index < -0.39 is 23.1 Å². The fourth-order valence-corrected chi connectivity index (χ4v) is 6.96. The summed E-state index contributed by atoms with van der Waals surface area (Å²) in [5.74, 6) is -0.544. The highest BCUT2D eigenvalue weighted by Gasteiger charge is 2.64. The molecular formula is C31H38F3N3O4. The summed E-state index contributed by atoms with van der Waals surface area (Å²) in [6.07, 6.45) is -1.72. The van der Waals surface area contributed by atoms with Crippen molar-refractivity contribution < 1.29 is 32.2 Å². The van der Waals surface area contributed by atoms with Crippen LogP contribution in [-0.4, -0.2) is 80.8 Å². The molecule has 3 atom stereocenters. The predicted octanol–water partition coefficient (Wildman–Crippen LogP) is 4.48. The van der Waals surface area contributed by atoms with E-state index in [1.165, 1.54) is 29.2 Å². The van der Waals surface area contributed by atoms with E-state index in [9.17, 15) is 22.8 Å². The molecule has 3 heterocycles. The number of rotatable bonds is 7. The summed E-state index contributed by atoms with van der Waals surface area (Å²) in [5, 5.41) is 2.99. The van der Waals surface area contributed by atoms with Crippen LogP contribution >= 0.6 is 0 Å². The summed E-state index contributed by atoms with van der Waals surface area (Å²) >= 11 is 0. The molecule has 0 radical (unpaired) electrons. The van der Waals surface area contributed by atoms with Crippen molar-refractivity contribution >= 4 is 11.8 Å². The van der Waals surface area contributed by atoms with Crippen molar-refractivity contribution in [3.63, 3.8) is 0 Å². The Morgan fingerprint density at radius 1 is 1.05 bits per heavy atom. The molecule has 0 bridgehead atoms. The van der Waals surface area contributed by atoms with Crippen molar-refractivity contribution in [3.8, 4) is 5.75 Å². The number of benzene rings is 2. The van der Waals surface area contributed by atoms with E-state index >= 15 is 0 Å². The number of para-hydroxylation sites is 1. The molecule has 41 heavy (non-hydrogen) atoms. The first-order chi connectivity index (χ1) is 19.6. The molecule has 0 aromatic heterocycles. The molecule has 3 aliphatic heterocycles. The second-order valence-corrected chi connectivity index (χ2v) is 11.6. The van der Waals surface area contributed by atoms with E-state index in [4.69, 9.17) is 9.47 Å². The van der Waals surface area contributed by atoms with Gasteiger partial charge in [-0.2, -0.15) is 13.2 Å². The molecule has 2 aromatic carbocycles. The summed E-state index contributed by atoms with van der Waals surface area (Å²) in [5.41, 5.74) is -2.88. The highest BCUT2D eigenvalue weighted by atomic mass is 19.4. The number of ether oxygens (including phenoxy) is 2. The summed E-state index contributed by atoms with van der Waals surface area (Å²) in [7, 11) is 3.02. The van der Waals surface area contributed by atoms with Crippen molar-refractivity contribution in [2.75, 3.05) is 46.9 Å². The average molecular weight is 574 g/mol. The second-order valence-electron chi connectivity index (χ2n) is 11.6. The lowest BCUT2D eigenvalue weighted by molar-refractivity contribution is -0.271. The van der Waals surface area contributed by atoms with E-state index in [1.54, 1.807) is 6.07 Å². The van der Waals surface area contributed by atoms with Crippen LogP contribution in [0.5, 0.6) is 5.75 Å². The van der Waals surface area contributed by atoms with Gasteiger partial charge in [0.25, 0.3) is 11.5 Å². The molecule has 7 nitrogen and oxygen atoms in total. The molecule has 3 aliphatic rings. The normalized spacial score (nSPS) is 24.6. The maximum Gasteiger partial charge on any atom is 0.430 e. The first-order valence-electron chi connectivity index (χ1n) is 14.3. The molecule has 0 aliphatic carbocycles. The number of carbonyl (C=O) groups is 2. The van der Waals surface area contributed by atoms with Gasteiger partial charge in [-0.15, -0.1) is 0 Å². The third-order valence-electron chi connectivity index (χ3n) is 9.39. The number of hydrogen-bond donors (Lipinski definition) is 1. The third kappa shape index (κ3) is 5.44. The van der Waals surface area contributed by atoms with Gasteiger partial charge < -0.3 is 24.6 Å². The van der Waals surface area contributed by atoms with Gasteiger partial charge in [0, 0.05) is 50.7 Å². The van der Waals surface area contributed by atoms with Gasteiger partial charge in [0.2, 0.25) is 5.91 Å². The number of alkyl halides is 3. The smallest absolute Gasteiger partial charge is 0.430 e. The molecule has 222 valence electrons. The number of likely N-dealkylation sites (tertiary alicyclic amines) is 2. The van der Waals surface area contributed by atoms with E-state index in [-0.39, 0.29) is 36.9 Å². The Labute approximate surface area is 239 Å². The van der Waals surface area contributed by atoms with Gasteiger partial charge in [0.15, 0.2) is 0 Å². The van der Waals surface area contributed by atoms with E-state index in [1.807, 2.05) is 24.3 Å². The molecule has 2 unspecified atom stereocenters. The molecule has 3 fully saturated rings. The van der Waals surface area contributed by atoms with Gasteiger partial charge in [-0.3, -0.25) is 9.59 Å². The number of halogens is 3. The SMILES string of the molecule is CO[C@@](C(=O)N1CCC2(CC1)CC(=O)NCC2c1ccccc1OCC1CCCN1C)(c1ccccc1)C(F)(F)F. The number of likely N-dealkylation sites (N-methyl/N-ethyl adjacent to an activating group) is 1. The largest absolute Gasteiger partial charge is 0.492 e. The number of amides is 2. The monoisotopic (exact) mass is 573 g/mol. The Bertz CT molecular complexity index is 1230. The van der Waals surface area contributed by atoms with Gasteiger partial charge in [-0.1, -0.05) is 48.5 Å². The topological polar surface area (TPSA) is 71.1 Å². The Morgan fingerprint density at radius 2 is 1.73 bits per heavy atom. The number of carbonyl (C=O) groups excluding carboxylic acids is 2. The van der Waals surface area contributed by atoms with Crippen LogP contribution < -0.4 is 10.1 Å². The molecule has 2 amide bonds. The number of hydrogen-bond acceptors (Lipinski definition) is 5. The molecule has 1 spiro atoms. The lowest BCUT2D eigenvalue weighted by Gasteiger charge is -2.50. The van der Waals surface area contributed by atoms with Crippen LogP contribution in [0.15, 0.2) is 54.6 Å². The number of nitrogens with one attached hydrogen (secondary N) is 1.